The van der Waals surface area contributed by atoms with Crippen LogP contribution in [-0.4, -0.2) is 18.0 Å². The predicted molar refractivity (Wildman–Crippen MR) is 97.7 cm³/mol. The molecule has 130 valence electrons. The molecule has 3 rings (SSSR count). The van der Waals surface area contributed by atoms with Gasteiger partial charge in [0.25, 0.3) is 0 Å². The molecule has 0 fully saturated rings. The number of nitrogens with one attached hydrogen (secondary N) is 1. The molecule has 0 spiro atoms. The van der Waals surface area contributed by atoms with Gasteiger partial charge in [-0.25, -0.2) is 18.1 Å². The third kappa shape index (κ3) is 4.35. The molecule has 1 aromatic heterocycles. The predicted octanol–water partition coefficient (Wildman–Crippen LogP) is 3.03. The highest BCUT2D eigenvalue weighted by molar-refractivity contribution is 7.89. The highest BCUT2D eigenvalue weighted by atomic mass is 32.2. The van der Waals surface area contributed by atoms with Crippen LogP contribution < -0.4 is 4.72 Å². The quantitative estimate of drug-likeness (QED) is 0.739. The minimum absolute atomic E-state index is 0.265. The van der Waals surface area contributed by atoms with Crippen LogP contribution in [0.15, 0.2) is 66.1 Å². The van der Waals surface area contributed by atoms with Crippen LogP contribution in [0.5, 0.6) is 0 Å². The number of aromatic nitrogens is 2. The first-order chi connectivity index (χ1) is 11.9. The van der Waals surface area contributed by atoms with Crippen molar-refractivity contribution in [3.63, 3.8) is 0 Å². The molecule has 6 heteroatoms. The van der Waals surface area contributed by atoms with Gasteiger partial charge in [-0.3, -0.25) is 0 Å². The van der Waals surface area contributed by atoms with E-state index in [-0.39, 0.29) is 6.54 Å². The molecule has 0 bridgehead atoms. The van der Waals surface area contributed by atoms with E-state index in [0.717, 1.165) is 28.8 Å². The van der Waals surface area contributed by atoms with Gasteiger partial charge in [0.05, 0.1) is 11.2 Å². The summed E-state index contributed by atoms with van der Waals surface area (Å²) in [5.74, 6) is 0. The Morgan fingerprint density at radius 2 is 1.76 bits per heavy atom. The van der Waals surface area contributed by atoms with Gasteiger partial charge in [-0.1, -0.05) is 36.4 Å². The zero-order valence-corrected chi connectivity index (χ0v) is 15.1. The first-order valence-electron chi connectivity index (χ1n) is 8.04. The summed E-state index contributed by atoms with van der Waals surface area (Å²) < 4.78 is 29.7. The number of aryl methyl sites for hydroxylation is 2. The van der Waals surface area contributed by atoms with Crippen LogP contribution in [0, 0.1) is 13.8 Å². The molecule has 0 amide bonds. The number of sulfonamides is 1. The molecular formula is C19H21N3O2S. The van der Waals surface area contributed by atoms with Crippen LogP contribution in [0.3, 0.4) is 0 Å². The molecule has 2 aromatic carbocycles. The second-order valence-electron chi connectivity index (χ2n) is 6.15. The summed E-state index contributed by atoms with van der Waals surface area (Å²) in [6.07, 6.45) is 5.43. The molecule has 1 N–H and O–H groups in total. The average molecular weight is 355 g/mol. The molecule has 1 heterocycles. The third-order valence-electron chi connectivity index (χ3n) is 4.05. The van der Waals surface area contributed by atoms with Crippen molar-refractivity contribution < 1.29 is 8.42 Å². The maximum absolute atomic E-state index is 12.5. The zero-order chi connectivity index (χ0) is 17.9. The van der Waals surface area contributed by atoms with Gasteiger partial charge >= 0.3 is 0 Å². The van der Waals surface area contributed by atoms with Gasteiger partial charge in [0.2, 0.25) is 10.0 Å². The molecule has 0 unspecified atom stereocenters. The average Bonchev–Trinajstić information content (AvgIpc) is 3.09. The Bertz CT molecular complexity index is 947. The van der Waals surface area contributed by atoms with Crippen molar-refractivity contribution in [1.82, 2.24) is 14.3 Å². The lowest BCUT2D eigenvalue weighted by Crippen LogP contribution is -2.24. The fourth-order valence-electron chi connectivity index (χ4n) is 2.61. The molecule has 0 saturated carbocycles. The molecule has 3 aromatic rings. The van der Waals surface area contributed by atoms with Crippen LogP contribution in [0.4, 0.5) is 0 Å². The van der Waals surface area contributed by atoms with Crippen LogP contribution in [0.1, 0.15) is 22.3 Å². The number of imidazole rings is 1. The van der Waals surface area contributed by atoms with Gasteiger partial charge in [-0.15, -0.1) is 0 Å². The molecule has 0 aliphatic rings. The van der Waals surface area contributed by atoms with E-state index in [9.17, 15) is 8.42 Å². The van der Waals surface area contributed by atoms with E-state index in [4.69, 9.17) is 0 Å². The van der Waals surface area contributed by atoms with Crippen molar-refractivity contribution in [2.75, 3.05) is 0 Å². The number of hydrogen-bond donors (Lipinski definition) is 1. The highest BCUT2D eigenvalue weighted by Gasteiger charge is 2.16. The van der Waals surface area contributed by atoms with E-state index in [1.54, 1.807) is 25.5 Å². The summed E-state index contributed by atoms with van der Waals surface area (Å²) in [4.78, 5) is 4.36. The van der Waals surface area contributed by atoms with Gasteiger partial charge in [0.15, 0.2) is 0 Å². The molecule has 0 aliphatic heterocycles. The second kappa shape index (κ2) is 7.21. The normalized spacial score (nSPS) is 11.6. The van der Waals surface area contributed by atoms with Crippen LogP contribution in [0.2, 0.25) is 0 Å². The molecule has 0 aliphatic carbocycles. The van der Waals surface area contributed by atoms with Crippen molar-refractivity contribution in [3.8, 4) is 0 Å². The van der Waals surface area contributed by atoms with Crippen LogP contribution >= 0.6 is 0 Å². The minimum Gasteiger partial charge on any atom is -0.333 e. The smallest absolute Gasteiger partial charge is 0.241 e. The number of rotatable bonds is 6. The number of benzene rings is 2. The summed E-state index contributed by atoms with van der Waals surface area (Å²) in [7, 11) is -3.53. The van der Waals surface area contributed by atoms with E-state index in [0.29, 0.717) is 4.90 Å². The van der Waals surface area contributed by atoms with Crippen molar-refractivity contribution in [3.05, 3.63) is 83.4 Å². The van der Waals surface area contributed by atoms with Gasteiger partial charge in [-0.05, 0) is 42.2 Å². The van der Waals surface area contributed by atoms with E-state index < -0.39 is 10.0 Å². The summed E-state index contributed by atoms with van der Waals surface area (Å²) >= 11 is 0. The first-order valence-corrected chi connectivity index (χ1v) is 9.53. The Balaban J connectivity index is 1.67. The maximum Gasteiger partial charge on any atom is 0.241 e. The Morgan fingerprint density at radius 3 is 2.44 bits per heavy atom. The molecule has 25 heavy (non-hydrogen) atoms. The lowest BCUT2D eigenvalue weighted by Gasteiger charge is -2.11. The Hall–Kier alpha value is -2.44. The molecule has 0 radical (unpaired) electrons. The van der Waals surface area contributed by atoms with Gasteiger partial charge in [0, 0.05) is 25.5 Å². The summed E-state index contributed by atoms with van der Waals surface area (Å²) in [6.45, 7) is 4.70. The maximum atomic E-state index is 12.5. The van der Waals surface area contributed by atoms with Crippen molar-refractivity contribution in [2.45, 2.75) is 31.8 Å². The largest absolute Gasteiger partial charge is 0.333 e. The fourth-order valence-corrected chi connectivity index (χ4v) is 3.95. The molecular weight excluding hydrogens is 334 g/mol. The summed E-state index contributed by atoms with van der Waals surface area (Å²) in [5, 5.41) is 0. The van der Waals surface area contributed by atoms with Crippen LogP contribution in [-0.2, 0) is 23.1 Å². The summed E-state index contributed by atoms with van der Waals surface area (Å²) in [6, 6.07) is 13.3. The summed E-state index contributed by atoms with van der Waals surface area (Å²) in [5.41, 5.74) is 3.73. The molecule has 5 nitrogen and oxygen atoms in total. The fraction of sp³-hybridized carbons (Fsp3) is 0.211. The van der Waals surface area contributed by atoms with Crippen molar-refractivity contribution in [2.24, 2.45) is 0 Å². The lowest BCUT2D eigenvalue weighted by molar-refractivity contribution is 0.580. The van der Waals surface area contributed by atoms with Crippen molar-refractivity contribution in [1.29, 1.82) is 0 Å². The monoisotopic (exact) mass is 355 g/mol. The van der Waals surface area contributed by atoms with Gasteiger partial charge in [0.1, 0.15) is 0 Å². The standard InChI is InChI=1S/C19H21N3O2S/c1-15-3-4-16(2)19(11-15)25(23,24)21-12-17-5-7-18(8-6-17)13-22-10-9-20-14-22/h3-11,14,21H,12-13H2,1-2H3. The zero-order valence-electron chi connectivity index (χ0n) is 14.3. The molecule has 0 saturated heterocycles. The van der Waals surface area contributed by atoms with Crippen LogP contribution in [0.25, 0.3) is 0 Å². The van der Waals surface area contributed by atoms with E-state index in [2.05, 4.69) is 9.71 Å². The topological polar surface area (TPSA) is 64.0 Å². The van der Waals surface area contributed by atoms with E-state index in [1.807, 2.05) is 54.1 Å². The van der Waals surface area contributed by atoms with Crippen molar-refractivity contribution >= 4 is 10.0 Å². The number of nitrogens with zero attached hydrogens (tertiary/aromatic N) is 2. The lowest BCUT2D eigenvalue weighted by atomic mass is 10.1. The third-order valence-corrected chi connectivity index (χ3v) is 5.59. The Labute approximate surface area is 148 Å². The Kier molecular flexibility index (Phi) is 5.01. The minimum atomic E-state index is -3.53. The highest BCUT2D eigenvalue weighted by Crippen LogP contribution is 2.17. The molecule has 0 atom stereocenters. The number of hydrogen-bond acceptors (Lipinski definition) is 3. The van der Waals surface area contributed by atoms with Gasteiger partial charge < -0.3 is 4.57 Å². The van der Waals surface area contributed by atoms with Gasteiger partial charge in [-0.2, -0.15) is 0 Å². The van der Waals surface area contributed by atoms with E-state index in [1.165, 1.54) is 0 Å². The van der Waals surface area contributed by atoms with E-state index >= 15 is 0 Å². The SMILES string of the molecule is Cc1ccc(C)c(S(=O)(=O)NCc2ccc(Cn3ccnc3)cc2)c1. The first kappa shape index (κ1) is 17.4. The second-order valence-corrected chi connectivity index (χ2v) is 7.88. The Morgan fingerprint density at radius 1 is 1.04 bits per heavy atom.